The van der Waals surface area contributed by atoms with Gasteiger partial charge < -0.3 is 10.6 Å². The number of nitrogens with one attached hydrogen (secondary N) is 1. The van der Waals surface area contributed by atoms with Crippen LogP contribution >= 0.6 is 0 Å². The summed E-state index contributed by atoms with van der Waals surface area (Å²) in [6.07, 6.45) is 1.83. The third-order valence-electron chi connectivity index (χ3n) is 3.99. The molecule has 1 amide bonds. The minimum atomic E-state index is -3.57. The lowest BCUT2D eigenvalue weighted by molar-refractivity contribution is 0.0740. The summed E-state index contributed by atoms with van der Waals surface area (Å²) in [6.45, 7) is 4.93. The van der Waals surface area contributed by atoms with E-state index in [1.54, 1.807) is 17.9 Å². The third kappa shape index (κ3) is 3.31. The number of benzene rings is 1. The van der Waals surface area contributed by atoms with Crippen molar-refractivity contribution >= 4 is 15.9 Å². The number of nitrogens with two attached hydrogens (primary N) is 1. The molecule has 1 fully saturated rings. The van der Waals surface area contributed by atoms with Crippen molar-refractivity contribution in [2.24, 2.45) is 5.73 Å². The van der Waals surface area contributed by atoms with Crippen molar-refractivity contribution in [3.05, 3.63) is 29.3 Å². The van der Waals surface area contributed by atoms with Crippen LogP contribution in [0.1, 0.15) is 35.7 Å². The van der Waals surface area contributed by atoms with E-state index in [-0.39, 0.29) is 16.8 Å². The molecule has 7 heteroatoms. The Hall–Kier alpha value is -1.44. The fraction of sp³-hybridized carbons (Fsp3) is 0.533. The van der Waals surface area contributed by atoms with Gasteiger partial charge in [0.05, 0.1) is 4.90 Å². The van der Waals surface area contributed by atoms with Crippen LogP contribution in [0.25, 0.3) is 0 Å². The molecule has 0 saturated carbocycles. The molecule has 1 heterocycles. The van der Waals surface area contributed by atoms with Crippen molar-refractivity contribution in [2.75, 3.05) is 19.6 Å². The number of aryl methyl sites for hydroxylation is 1. The summed E-state index contributed by atoms with van der Waals surface area (Å²) in [5, 5.41) is 0. The Morgan fingerprint density at radius 2 is 2.18 bits per heavy atom. The topological polar surface area (TPSA) is 92.5 Å². The van der Waals surface area contributed by atoms with Crippen molar-refractivity contribution in [1.82, 2.24) is 9.62 Å². The van der Waals surface area contributed by atoms with Gasteiger partial charge in [-0.1, -0.05) is 13.0 Å². The van der Waals surface area contributed by atoms with E-state index >= 15 is 0 Å². The summed E-state index contributed by atoms with van der Waals surface area (Å²) in [5.41, 5.74) is 6.91. The Labute approximate surface area is 131 Å². The lowest BCUT2D eigenvalue weighted by Crippen LogP contribution is -2.40. The first kappa shape index (κ1) is 16.9. The maximum absolute atomic E-state index is 12.7. The minimum absolute atomic E-state index is 0.0425. The highest BCUT2D eigenvalue weighted by atomic mass is 32.2. The first-order valence-corrected chi connectivity index (χ1v) is 9.00. The van der Waals surface area contributed by atoms with Crippen molar-refractivity contribution < 1.29 is 13.2 Å². The van der Waals surface area contributed by atoms with Crippen LogP contribution in [0.5, 0.6) is 0 Å². The van der Waals surface area contributed by atoms with Gasteiger partial charge in [-0.05, 0) is 37.5 Å². The summed E-state index contributed by atoms with van der Waals surface area (Å²) in [7, 11) is -3.57. The average Bonchev–Trinajstić information content (AvgIpc) is 2.95. The Kier molecular flexibility index (Phi) is 5.20. The zero-order chi connectivity index (χ0) is 16.3. The third-order valence-corrected chi connectivity index (χ3v) is 5.54. The van der Waals surface area contributed by atoms with Gasteiger partial charge in [-0.15, -0.1) is 0 Å². The van der Waals surface area contributed by atoms with Crippen LogP contribution in [0, 0.1) is 6.92 Å². The molecule has 2 rings (SSSR count). The number of rotatable bonds is 5. The van der Waals surface area contributed by atoms with Gasteiger partial charge >= 0.3 is 0 Å². The molecule has 0 bridgehead atoms. The Morgan fingerprint density at radius 3 is 2.82 bits per heavy atom. The van der Waals surface area contributed by atoms with Gasteiger partial charge in [0, 0.05) is 31.2 Å². The number of carbonyl (C=O) groups excluding carboxylic acids is 1. The lowest BCUT2D eigenvalue weighted by Gasteiger charge is -2.24. The van der Waals surface area contributed by atoms with Gasteiger partial charge in [0.2, 0.25) is 10.0 Å². The van der Waals surface area contributed by atoms with Crippen molar-refractivity contribution in [3.63, 3.8) is 0 Å². The SMILES string of the molecule is CCNS(=O)(=O)c1ccc(C)c(C(=O)N2CCCC2CN)c1. The minimum Gasteiger partial charge on any atom is -0.334 e. The van der Waals surface area contributed by atoms with Gasteiger partial charge in [0.25, 0.3) is 5.91 Å². The highest BCUT2D eigenvalue weighted by Crippen LogP contribution is 2.23. The molecule has 0 radical (unpaired) electrons. The number of hydrogen-bond acceptors (Lipinski definition) is 4. The molecule has 0 aromatic heterocycles. The lowest BCUT2D eigenvalue weighted by atomic mass is 10.1. The molecule has 122 valence electrons. The molecular formula is C15H23N3O3S. The van der Waals surface area contributed by atoms with Crippen molar-refractivity contribution in [2.45, 2.75) is 37.6 Å². The second kappa shape index (κ2) is 6.76. The maximum atomic E-state index is 12.7. The largest absolute Gasteiger partial charge is 0.334 e. The zero-order valence-electron chi connectivity index (χ0n) is 13.0. The smallest absolute Gasteiger partial charge is 0.254 e. The molecule has 1 unspecified atom stereocenters. The monoisotopic (exact) mass is 325 g/mol. The second-order valence-electron chi connectivity index (χ2n) is 5.51. The van der Waals surface area contributed by atoms with Crippen LogP contribution in [0.2, 0.25) is 0 Å². The van der Waals surface area contributed by atoms with Gasteiger partial charge in [0.1, 0.15) is 0 Å². The number of amides is 1. The predicted molar refractivity (Wildman–Crippen MR) is 85.2 cm³/mol. The number of nitrogens with zero attached hydrogens (tertiary/aromatic N) is 1. The van der Waals surface area contributed by atoms with Crippen LogP contribution in [-0.4, -0.2) is 44.9 Å². The van der Waals surface area contributed by atoms with E-state index < -0.39 is 10.0 Å². The average molecular weight is 325 g/mol. The molecule has 3 N–H and O–H groups in total. The number of likely N-dealkylation sites (tertiary alicyclic amines) is 1. The standard InChI is InChI=1S/C15H23N3O3S/c1-3-17-22(20,21)13-7-6-11(2)14(9-13)15(19)18-8-4-5-12(18)10-16/h6-7,9,12,17H,3-5,8,10,16H2,1-2H3. The van der Waals surface area contributed by atoms with E-state index in [2.05, 4.69) is 4.72 Å². The second-order valence-corrected chi connectivity index (χ2v) is 7.28. The molecule has 1 saturated heterocycles. The van der Waals surface area contributed by atoms with Gasteiger partial charge in [0.15, 0.2) is 0 Å². The molecule has 1 aromatic carbocycles. The van der Waals surface area contributed by atoms with E-state index in [0.29, 0.717) is 25.2 Å². The Balaban J connectivity index is 2.37. The highest BCUT2D eigenvalue weighted by Gasteiger charge is 2.29. The van der Waals surface area contributed by atoms with E-state index in [1.165, 1.54) is 12.1 Å². The quantitative estimate of drug-likeness (QED) is 0.839. The van der Waals surface area contributed by atoms with Gasteiger partial charge in [-0.2, -0.15) is 0 Å². The predicted octanol–water partition coefficient (Wildman–Crippen LogP) is 0.857. The fourth-order valence-corrected chi connectivity index (χ4v) is 3.84. The molecule has 1 aliphatic heterocycles. The first-order chi connectivity index (χ1) is 10.4. The van der Waals surface area contributed by atoms with Crippen molar-refractivity contribution in [1.29, 1.82) is 0 Å². The summed E-state index contributed by atoms with van der Waals surface area (Å²) in [6, 6.07) is 4.70. The Morgan fingerprint density at radius 1 is 1.45 bits per heavy atom. The number of carbonyl (C=O) groups is 1. The molecular weight excluding hydrogens is 302 g/mol. The molecule has 0 aliphatic carbocycles. The maximum Gasteiger partial charge on any atom is 0.254 e. The molecule has 1 aromatic rings. The first-order valence-electron chi connectivity index (χ1n) is 7.52. The zero-order valence-corrected chi connectivity index (χ0v) is 13.8. The van der Waals surface area contributed by atoms with Crippen LogP contribution in [0.15, 0.2) is 23.1 Å². The fourth-order valence-electron chi connectivity index (χ4n) is 2.77. The molecule has 0 spiro atoms. The van der Waals surface area contributed by atoms with Crippen LogP contribution in [-0.2, 0) is 10.0 Å². The van der Waals surface area contributed by atoms with Crippen molar-refractivity contribution in [3.8, 4) is 0 Å². The summed E-state index contributed by atoms with van der Waals surface area (Å²) < 4.78 is 26.6. The van der Waals surface area contributed by atoms with Gasteiger partial charge in [-0.3, -0.25) is 4.79 Å². The van der Waals surface area contributed by atoms with E-state index in [1.807, 2.05) is 6.92 Å². The molecule has 6 nitrogen and oxygen atoms in total. The number of hydrogen-bond donors (Lipinski definition) is 2. The summed E-state index contributed by atoms with van der Waals surface area (Å²) >= 11 is 0. The van der Waals surface area contributed by atoms with E-state index in [9.17, 15) is 13.2 Å². The normalized spacial score (nSPS) is 18.7. The number of sulfonamides is 1. The van der Waals surface area contributed by atoms with Crippen LogP contribution < -0.4 is 10.5 Å². The Bertz CT molecular complexity index is 658. The summed E-state index contributed by atoms with van der Waals surface area (Å²) in [4.78, 5) is 14.6. The molecule has 22 heavy (non-hydrogen) atoms. The highest BCUT2D eigenvalue weighted by molar-refractivity contribution is 7.89. The molecule has 1 atom stereocenters. The molecule has 1 aliphatic rings. The van der Waals surface area contributed by atoms with E-state index in [0.717, 1.165) is 18.4 Å². The van der Waals surface area contributed by atoms with E-state index in [4.69, 9.17) is 5.73 Å². The van der Waals surface area contributed by atoms with Crippen LogP contribution in [0.4, 0.5) is 0 Å². The van der Waals surface area contributed by atoms with Crippen LogP contribution in [0.3, 0.4) is 0 Å². The van der Waals surface area contributed by atoms with Gasteiger partial charge in [-0.25, -0.2) is 13.1 Å². The summed E-state index contributed by atoms with van der Waals surface area (Å²) in [5.74, 6) is -0.140.